The van der Waals surface area contributed by atoms with Gasteiger partial charge in [0, 0.05) is 22.5 Å². The minimum absolute atomic E-state index is 0.0942. The Balaban J connectivity index is 1.85. The second-order valence-electron chi connectivity index (χ2n) is 4.97. The van der Waals surface area contributed by atoms with Gasteiger partial charge in [-0.3, -0.25) is 4.79 Å². The van der Waals surface area contributed by atoms with Gasteiger partial charge < -0.3 is 10.4 Å². The van der Waals surface area contributed by atoms with E-state index in [1.807, 2.05) is 0 Å². The zero-order valence-corrected chi connectivity index (χ0v) is 12.0. The third-order valence-electron chi connectivity index (χ3n) is 3.54. The number of amides is 1. The van der Waals surface area contributed by atoms with E-state index < -0.39 is 0 Å². The minimum Gasteiger partial charge on any atom is -0.393 e. The smallest absolute Gasteiger partial charge is 0.224 e. The maximum atomic E-state index is 11.8. The van der Waals surface area contributed by atoms with Crippen molar-refractivity contribution in [2.45, 2.75) is 31.8 Å². The quantitative estimate of drug-likeness (QED) is 0.898. The van der Waals surface area contributed by atoms with E-state index in [-0.39, 0.29) is 24.3 Å². The largest absolute Gasteiger partial charge is 0.393 e. The number of benzene rings is 1. The second kappa shape index (κ2) is 6.60. The van der Waals surface area contributed by atoms with Gasteiger partial charge in [-0.1, -0.05) is 29.6 Å². The number of rotatable bonds is 4. The lowest BCUT2D eigenvalue weighted by atomic mass is 10.1. The van der Waals surface area contributed by atoms with E-state index in [2.05, 4.69) is 5.32 Å². The van der Waals surface area contributed by atoms with E-state index in [1.165, 1.54) is 0 Å². The standard InChI is InChI=1S/C14H17Cl2NO2/c15-11-4-5-12(16)10(6-11)7-14(19)17-8-9-2-1-3-13(9)18/h4-6,9,13,18H,1-3,7-8H2,(H,17,19). The monoisotopic (exact) mass is 301 g/mol. The van der Waals surface area contributed by atoms with Gasteiger partial charge in [0.15, 0.2) is 0 Å². The van der Waals surface area contributed by atoms with Gasteiger partial charge >= 0.3 is 0 Å². The molecule has 0 saturated heterocycles. The summed E-state index contributed by atoms with van der Waals surface area (Å²) < 4.78 is 0. The lowest BCUT2D eigenvalue weighted by molar-refractivity contribution is -0.120. The summed E-state index contributed by atoms with van der Waals surface area (Å²) in [6, 6.07) is 5.08. The fourth-order valence-corrected chi connectivity index (χ4v) is 2.79. The maximum absolute atomic E-state index is 11.8. The predicted molar refractivity (Wildman–Crippen MR) is 76.5 cm³/mol. The van der Waals surface area contributed by atoms with E-state index in [0.717, 1.165) is 24.8 Å². The molecule has 1 fully saturated rings. The summed E-state index contributed by atoms with van der Waals surface area (Å²) in [5.74, 6) is 0.0852. The molecule has 2 atom stereocenters. The van der Waals surface area contributed by atoms with Crippen molar-refractivity contribution in [3.05, 3.63) is 33.8 Å². The van der Waals surface area contributed by atoms with Gasteiger partial charge in [0.25, 0.3) is 0 Å². The summed E-state index contributed by atoms with van der Waals surface area (Å²) in [5.41, 5.74) is 0.721. The maximum Gasteiger partial charge on any atom is 0.224 e. The molecule has 0 aromatic heterocycles. The van der Waals surface area contributed by atoms with Gasteiger partial charge in [-0.15, -0.1) is 0 Å². The fourth-order valence-electron chi connectivity index (χ4n) is 2.41. The zero-order chi connectivity index (χ0) is 13.8. The molecule has 1 aromatic rings. The first-order valence-electron chi connectivity index (χ1n) is 6.45. The first-order valence-corrected chi connectivity index (χ1v) is 7.20. The molecule has 0 bridgehead atoms. The van der Waals surface area contributed by atoms with E-state index in [0.29, 0.717) is 16.6 Å². The summed E-state index contributed by atoms with van der Waals surface area (Å²) >= 11 is 11.9. The van der Waals surface area contributed by atoms with Crippen molar-refractivity contribution in [3.63, 3.8) is 0 Å². The van der Waals surface area contributed by atoms with Crippen LogP contribution in [0.3, 0.4) is 0 Å². The Morgan fingerprint density at radius 1 is 1.37 bits per heavy atom. The van der Waals surface area contributed by atoms with Crippen molar-refractivity contribution >= 4 is 29.1 Å². The Hall–Kier alpha value is -0.770. The van der Waals surface area contributed by atoms with Crippen molar-refractivity contribution in [2.75, 3.05) is 6.54 Å². The molecule has 1 amide bonds. The molecule has 0 heterocycles. The summed E-state index contributed by atoms with van der Waals surface area (Å²) in [6.45, 7) is 0.526. The molecule has 1 aliphatic rings. The van der Waals surface area contributed by atoms with E-state index in [9.17, 15) is 9.90 Å². The summed E-state index contributed by atoms with van der Waals surface area (Å²) in [7, 11) is 0. The number of aliphatic hydroxyl groups excluding tert-OH is 1. The van der Waals surface area contributed by atoms with Crippen LogP contribution in [0, 0.1) is 5.92 Å². The average Bonchev–Trinajstić information content (AvgIpc) is 2.77. The number of carbonyl (C=O) groups excluding carboxylic acids is 1. The highest BCUT2D eigenvalue weighted by Gasteiger charge is 2.25. The topological polar surface area (TPSA) is 49.3 Å². The molecule has 5 heteroatoms. The number of carbonyl (C=O) groups is 1. The lowest BCUT2D eigenvalue weighted by Gasteiger charge is -2.15. The summed E-state index contributed by atoms with van der Waals surface area (Å²) in [4.78, 5) is 11.8. The van der Waals surface area contributed by atoms with Crippen molar-refractivity contribution in [2.24, 2.45) is 5.92 Å². The second-order valence-corrected chi connectivity index (χ2v) is 5.82. The number of hydrogen-bond acceptors (Lipinski definition) is 2. The highest BCUT2D eigenvalue weighted by molar-refractivity contribution is 6.33. The van der Waals surface area contributed by atoms with Gasteiger partial charge in [-0.2, -0.15) is 0 Å². The van der Waals surface area contributed by atoms with Crippen LogP contribution in [0.4, 0.5) is 0 Å². The van der Waals surface area contributed by atoms with Crippen molar-refractivity contribution in [3.8, 4) is 0 Å². The van der Waals surface area contributed by atoms with Crippen LogP contribution in [0.2, 0.25) is 10.0 Å². The van der Waals surface area contributed by atoms with E-state index in [4.69, 9.17) is 23.2 Å². The molecule has 0 aliphatic heterocycles. The minimum atomic E-state index is -0.282. The average molecular weight is 302 g/mol. The Bertz CT molecular complexity index is 465. The Morgan fingerprint density at radius 3 is 2.84 bits per heavy atom. The van der Waals surface area contributed by atoms with Crippen LogP contribution >= 0.6 is 23.2 Å². The van der Waals surface area contributed by atoms with E-state index >= 15 is 0 Å². The van der Waals surface area contributed by atoms with Crippen LogP contribution in [0.5, 0.6) is 0 Å². The molecule has 1 aromatic carbocycles. The fraction of sp³-hybridized carbons (Fsp3) is 0.500. The van der Waals surface area contributed by atoms with E-state index in [1.54, 1.807) is 18.2 Å². The van der Waals surface area contributed by atoms with Crippen LogP contribution < -0.4 is 5.32 Å². The number of hydrogen-bond donors (Lipinski definition) is 2. The molecule has 3 nitrogen and oxygen atoms in total. The SMILES string of the molecule is O=C(Cc1cc(Cl)ccc1Cl)NCC1CCCC1O. The van der Waals surface area contributed by atoms with Crippen LogP contribution in [0.25, 0.3) is 0 Å². The zero-order valence-electron chi connectivity index (χ0n) is 10.5. The molecule has 0 spiro atoms. The molecule has 1 aliphatic carbocycles. The van der Waals surface area contributed by atoms with Crippen molar-refractivity contribution in [1.82, 2.24) is 5.32 Å². The molecular weight excluding hydrogens is 285 g/mol. The van der Waals surface area contributed by atoms with Gasteiger partial charge in [-0.25, -0.2) is 0 Å². The number of halogens is 2. The molecule has 2 unspecified atom stereocenters. The van der Waals surface area contributed by atoms with Crippen LogP contribution in [0.1, 0.15) is 24.8 Å². The normalized spacial score (nSPS) is 22.5. The van der Waals surface area contributed by atoms with Gasteiger partial charge in [-0.05, 0) is 36.6 Å². The van der Waals surface area contributed by atoms with Crippen molar-refractivity contribution in [1.29, 1.82) is 0 Å². The summed E-state index contributed by atoms with van der Waals surface area (Å²) in [5, 5.41) is 13.6. The van der Waals surface area contributed by atoms with Crippen LogP contribution in [-0.2, 0) is 11.2 Å². The molecule has 0 radical (unpaired) electrons. The molecule has 1 saturated carbocycles. The Labute approximate surface area is 122 Å². The Kier molecular flexibility index (Phi) is 5.08. The highest BCUT2D eigenvalue weighted by Crippen LogP contribution is 2.25. The van der Waals surface area contributed by atoms with Gasteiger partial charge in [0.1, 0.15) is 0 Å². The highest BCUT2D eigenvalue weighted by atomic mass is 35.5. The third kappa shape index (κ3) is 4.10. The van der Waals surface area contributed by atoms with Crippen molar-refractivity contribution < 1.29 is 9.90 Å². The lowest BCUT2D eigenvalue weighted by Crippen LogP contribution is -2.33. The first-order chi connectivity index (χ1) is 9.06. The van der Waals surface area contributed by atoms with Crippen LogP contribution in [0.15, 0.2) is 18.2 Å². The van der Waals surface area contributed by atoms with Gasteiger partial charge in [0.2, 0.25) is 5.91 Å². The number of aliphatic hydroxyl groups is 1. The Morgan fingerprint density at radius 2 is 2.16 bits per heavy atom. The summed E-state index contributed by atoms with van der Waals surface area (Å²) in [6.07, 6.45) is 2.76. The predicted octanol–water partition coefficient (Wildman–Crippen LogP) is 2.81. The number of nitrogens with one attached hydrogen (secondary N) is 1. The van der Waals surface area contributed by atoms with Gasteiger partial charge in [0.05, 0.1) is 12.5 Å². The molecule has 19 heavy (non-hydrogen) atoms. The molecular formula is C14H17Cl2NO2. The molecule has 104 valence electrons. The molecule has 2 rings (SSSR count). The molecule has 2 N–H and O–H groups in total. The first kappa shape index (κ1) is 14.6. The third-order valence-corrected chi connectivity index (χ3v) is 4.14. The van der Waals surface area contributed by atoms with Crippen LogP contribution in [-0.4, -0.2) is 23.7 Å².